The molecule has 0 atom stereocenters. The topological polar surface area (TPSA) is 193 Å². The van der Waals surface area contributed by atoms with Gasteiger partial charge in [-0.2, -0.15) is 30.0 Å². The number of carbonyl (C=O) groups is 4. The Balaban J connectivity index is 0.000000181. The van der Waals surface area contributed by atoms with Crippen molar-refractivity contribution in [3.05, 3.63) is 101 Å². The summed E-state index contributed by atoms with van der Waals surface area (Å²) in [6, 6.07) is 18.8. The van der Waals surface area contributed by atoms with Crippen molar-refractivity contribution in [3.63, 3.8) is 0 Å². The number of fused-ring (bicyclic) bond motifs is 2. The van der Waals surface area contributed by atoms with E-state index in [0.29, 0.717) is 0 Å². The zero-order valence-corrected chi connectivity index (χ0v) is 21.6. The van der Waals surface area contributed by atoms with Crippen molar-refractivity contribution in [3.8, 4) is 0 Å². The van der Waals surface area contributed by atoms with E-state index in [-0.39, 0.29) is 32.2 Å². The van der Waals surface area contributed by atoms with Crippen molar-refractivity contribution in [2.45, 2.75) is 10.4 Å². The van der Waals surface area contributed by atoms with Gasteiger partial charge in [0.05, 0.1) is 27.1 Å². The first kappa shape index (κ1) is 31.0. The normalized spacial score (nSPS) is 14.6. The largest absolute Gasteiger partial charge is 0.525 e. The van der Waals surface area contributed by atoms with Crippen molar-refractivity contribution in [1.82, 2.24) is 10.1 Å². The summed E-state index contributed by atoms with van der Waals surface area (Å²) in [5.74, 6) is -3.85. The molecule has 4 amide bonds. The molecule has 3 aromatic rings. The Morgan fingerprint density at radius 3 is 1.27 bits per heavy atom. The molecule has 13 nitrogen and oxygen atoms in total. The van der Waals surface area contributed by atoms with E-state index in [0.717, 1.165) is 0 Å². The summed E-state index contributed by atoms with van der Waals surface area (Å²) >= 11 is 0. The number of hydroxylamine groups is 4. The van der Waals surface area contributed by atoms with Crippen LogP contribution in [0.3, 0.4) is 0 Å². The molecule has 2 N–H and O–H groups in total. The number of hydrogen-bond donors (Lipinski definition) is 2. The number of halogens is 3. The van der Waals surface area contributed by atoms with Gasteiger partial charge in [0.1, 0.15) is 0 Å². The van der Waals surface area contributed by atoms with E-state index in [1.165, 1.54) is 48.5 Å². The molecule has 0 bridgehead atoms. The van der Waals surface area contributed by atoms with Crippen LogP contribution in [0.2, 0.25) is 0 Å². The first-order valence-corrected chi connectivity index (χ1v) is 13.5. The van der Waals surface area contributed by atoms with Crippen LogP contribution in [0.1, 0.15) is 41.4 Å². The fourth-order valence-corrected chi connectivity index (χ4v) is 4.06. The third kappa shape index (κ3) is 6.64. The van der Waals surface area contributed by atoms with Gasteiger partial charge in [0, 0.05) is 0 Å². The molecule has 0 saturated heterocycles. The predicted molar refractivity (Wildman–Crippen MR) is 128 cm³/mol. The number of imide groups is 2. The number of rotatable bonds is 3. The van der Waals surface area contributed by atoms with E-state index < -0.39 is 54.4 Å². The Hall–Kier alpha value is -4.49. The number of hydrogen-bond acceptors (Lipinski definition) is 10. The van der Waals surface area contributed by atoms with E-state index in [2.05, 4.69) is 4.28 Å². The zero-order chi connectivity index (χ0) is 30.8. The maximum atomic E-state index is 12.1. The summed E-state index contributed by atoms with van der Waals surface area (Å²) in [4.78, 5) is 45.2. The van der Waals surface area contributed by atoms with Gasteiger partial charge in [0.15, 0.2) is 0 Å². The van der Waals surface area contributed by atoms with Crippen LogP contribution in [0.4, 0.5) is 13.2 Å². The van der Waals surface area contributed by atoms with Gasteiger partial charge in [-0.05, 0) is 36.4 Å². The standard InChI is InChI=1S/C9H4F3NO5S.C8H5NO3.C6H6O3S/c10-9(11,12)19(16,17)18-13-7(14)5-3-1-2-4-6(5)8(13)15;10-7-5-3-1-2-4-6(5)8(11)9(7)12;7-10(8,9)6-4-2-1-3-5-6/h1-4H;1-4,12H;1-5H,(H,7,8,9). The predicted octanol–water partition coefficient (Wildman–Crippen LogP) is 2.67. The number of carbonyl (C=O) groups excluding carboxylic acids is 4. The third-order valence-corrected chi connectivity index (χ3v) is 6.81. The smallest absolute Gasteiger partial charge is 0.282 e. The second kappa shape index (κ2) is 11.6. The fourth-order valence-electron chi connectivity index (χ4n) is 3.14. The molecule has 41 heavy (non-hydrogen) atoms. The average molecular weight is 617 g/mol. The zero-order valence-electron chi connectivity index (χ0n) is 19.9. The molecule has 2 aliphatic rings. The first-order chi connectivity index (χ1) is 19.0. The third-order valence-electron chi connectivity index (χ3n) is 5.03. The molecule has 0 aliphatic carbocycles. The highest BCUT2D eigenvalue weighted by molar-refractivity contribution is 7.87. The van der Waals surface area contributed by atoms with Gasteiger partial charge in [-0.3, -0.25) is 28.9 Å². The second-order valence-electron chi connectivity index (χ2n) is 7.68. The minimum atomic E-state index is -6.08. The van der Waals surface area contributed by atoms with Crippen molar-refractivity contribution in [1.29, 1.82) is 0 Å². The molecule has 0 spiro atoms. The Bertz CT molecular complexity index is 1670. The van der Waals surface area contributed by atoms with Crippen LogP contribution in [0.25, 0.3) is 0 Å². The number of alkyl halides is 3. The van der Waals surface area contributed by atoms with Gasteiger partial charge in [-0.25, -0.2) is 0 Å². The fraction of sp³-hybridized carbons (Fsp3) is 0.0435. The Kier molecular flexibility index (Phi) is 8.75. The van der Waals surface area contributed by atoms with Gasteiger partial charge in [0.2, 0.25) is 0 Å². The van der Waals surface area contributed by atoms with Gasteiger partial charge >= 0.3 is 15.6 Å². The van der Waals surface area contributed by atoms with Crippen LogP contribution in [0.15, 0.2) is 83.8 Å². The lowest BCUT2D eigenvalue weighted by molar-refractivity contribution is -0.0748. The number of nitrogens with zero attached hydrogens (tertiary/aromatic N) is 2. The average Bonchev–Trinajstić information content (AvgIpc) is 3.29. The molecular weight excluding hydrogens is 601 g/mol. The van der Waals surface area contributed by atoms with Crippen molar-refractivity contribution in [2.75, 3.05) is 0 Å². The highest BCUT2D eigenvalue weighted by Gasteiger charge is 2.52. The van der Waals surface area contributed by atoms with E-state index >= 15 is 0 Å². The van der Waals surface area contributed by atoms with E-state index in [1.807, 2.05) is 0 Å². The molecule has 18 heteroatoms. The molecule has 0 saturated carbocycles. The minimum Gasteiger partial charge on any atom is -0.282 e. The SMILES string of the molecule is O=C1c2ccccc2C(=O)N1O.O=C1c2ccccc2C(=O)N1OS(=O)(=O)C(F)(F)F.O=S(=O)(O)c1ccccc1. The van der Waals surface area contributed by atoms with Gasteiger partial charge in [-0.1, -0.05) is 42.5 Å². The van der Waals surface area contributed by atoms with Crippen LogP contribution < -0.4 is 0 Å². The highest BCUT2D eigenvalue weighted by Crippen LogP contribution is 2.29. The van der Waals surface area contributed by atoms with Crippen molar-refractivity contribution >= 4 is 43.9 Å². The molecule has 0 unspecified atom stereocenters. The lowest BCUT2D eigenvalue weighted by Crippen LogP contribution is -2.37. The van der Waals surface area contributed by atoms with Crippen LogP contribution in [0.5, 0.6) is 0 Å². The highest BCUT2D eigenvalue weighted by atomic mass is 32.2. The number of benzene rings is 3. The molecule has 2 heterocycles. The van der Waals surface area contributed by atoms with Crippen LogP contribution >= 0.6 is 0 Å². The van der Waals surface area contributed by atoms with E-state index in [4.69, 9.17) is 9.76 Å². The number of amides is 4. The van der Waals surface area contributed by atoms with Gasteiger partial charge < -0.3 is 0 Å². The summed E-state index contributed by atoms with van der Waals surface area (Å²) in [5.41, 5.74) is -5.69. The lowest BCUT2D eigenvalue weighted by Gasteiger charge is -2.14. The Morgan fingerprint density at radius 1 is 0.610 bits per heavy atom. The first-order valence-electron chi connectivity index (χ1n) is 10.6. The van der Waals surface area contributed by atoms with Crippen LogP contribution in [-0.2, 0) is 24.5 Å². The van der Waals surface area contributed by atoms with Crippen LogP contribution in [-0.4, -0.2) is 65.9 Å². The second-order valence-corrected chi connectivity index (χ2v) is 10.6. The lowest BCUT2D eigenvalue weighted by atomic mass is 10.1. The van der Waals surface area contributed by atoms with Crippen LogP contribution in [0, 0.1) is 0 Å². The maximum absolute atomic E-state index is 12.1. The van der Waals surface area contributed by atoms with Crippen molar-refractivity contribution < 1.29 is 63.2 Å². The summed E-state index contributed by atoms with van der Waals surface area (Å²) < 4.78 is 90.6. The Labute approximate surface area is 228 Å². The molecular formula is C23H15F3N2O11S2. The molecule has 216 valence electrons. The molecule has 0 fully saturated rings. The maximum Gasteiger partial charge on any atom is 0.525 e. The Morgan fingerprint density at radius 2 is 0.951 bits per heavy atom. The summed E-state index contributed by atoms with van der Waals surface area (Å²) in [7, 11) is -10.1. The van der Waals surface area contributed by atoms with Gasteiger partial charge in [0.25, 0.3) is 33.7 Å². The van der Waals surface area contributed by atoms with E-state index in [1.54, 1.807) is 30.3 Å². The molecule has 2 aliphatic heterocycles. The monoisotopic (exact) mass is 616 g/mol. The molecule has 5 rings (SSSR count). The summed E-state index contributed by atoms with van der Waals surface area (Å²) in [6.45, 7) is 0. The summed E-state index contributed by atoms with van der Waals surface area (Å²) in [5, 5.41) is 8.63. The molecule has 0 radical (unpaired) electrons. The minimum absolute atomic E-state index is 0.0741. The van der Waals surface area contributed by atoms with Crippen molar-refractivity contribution in [2.24, 2.45) is 0 Å². The van der Waals surface area contributed by atoms with Gasteiger partial charge in [-0.15, -0.1) is 14.4 Å². The molecule has 0 aromatic heterocycles. The summed E-state index contributed by atoms with van der Waals surface area (Å²) in [6.07, 6.45) is 0. The molecule has 3 aromatic carbocycles. The van der Waals surface area contributed by atoms with E-state index in [9.17, 15) is 49.2 Å². The quantitative estimate of drug-likeness (QED) is 0.190.